The summed E-state index contributed by atoms with van der Waals surface area (Å²) in [5, 5.41) is 1.67. The molecule has 0 bridgehead atoms. The van der Waals surface area contributed by atoms with Crippen LogP contribution in [0.4, 0.5) is 5.00 Å². The Hall–Kier alpha value is -1.31. The van der Waals surface area contributed by atoms with Gasteiger partial charge in [0.25, 0.3) is 0 Å². The first-order valence-electron chi connectivity index (χ1n) is 6.48. The first-order chi connectivity index (χ1) is 10.6. The van der Waals surface area contributed by atoms with Crippen LogP contribution in [-0.2, 0) is 4.79 Å². The van der Waals surface area contributed by atoms with Gasteiger partial charge >= 0.3 is 0 Å². The molecule has 1 amide bonds. The molecule has 0 aliphatic heterocycles. The molecule has 0 N–H and O–H groups in total. The molecule has 22 heavy (non-hydrogen) atoms. The minimum atomic E-state index is 0.0233. The van der Waals surface area contributed by atoms with Crippen molar-refractivity contribution in [2.75, 3.05) is 31.1 Å². The first kappa shape index (κ1) is 17.1. The molecule has 2 aromatic rings. The highest BCUT2D eigenvalue weighted by Crippen LogP contribution is 2.37. The van der Waals surface area contributed by atoms with Crippen LogP contribution >= 0.6 is 34.7 Å². The number of amides is 1. The molecular formula is C14H16ClN3O2S2. The number of hydrogen-bond donors (Lipinski definition) is 0. The second kappa shape index (κ2) is 7.80. The number of ether oxygens (including phenoxy) is 1. The summed E-state index contributed by atoms with van der Waals surface area (Å²) in [6.07, 6.45) is 5.76. The van der Waals surface area contributed by atoms with E-state index in [-0.39, 0.29) is 5.91 Å². The number of halogens is 1. The Labute approximate surface area is 142 Å². The number of thioether (sulfide) groups is 1. The highest BCUT2D eigenvalue weighted by molar-refractivity contribution is 7.98. The second-order valence-electron chi connectivity index (χ2n) is 4.42. The summed E-state index contributed by atoms with van der Waals surface area (Å²) in [4.78, 5) is 22.1. The van der Waals surface area contributed by atoms with Crippen molar-refractivity contribution in [3.05, 3.63) is 23.6 Å². The molecule has 2 heterocycles. The van der Waals surface area contributed by atoms with Gasteiger partial charge in [0, 0.05) is 31.0 Å². The number of carbonyl (C=O) groups is 1. The Kier molecular flexibility index (Phi) is 6.05. The number of anilines is 1. The van der Waals surface area contributed by atoms with Gasteiger partial charge in [-0.1, -0.05) is 22.9 Å². The summed E-state index contributed by atoms with van der Waals surface area (Å²) < 4.78 is 5.16. The summed E-state index contributed by atoms with van der Waals surface area (Å²) in [6, 6.07) is 1.83. The first-order valence-corrected chi connectivity index (χ1v) is 9.07. The molecule has 0 fully saturated rings. The van der Waals surface area contributed by atoms with Crippen molar-refractivity contribution < 1.29 is 9.53 Å². The maximum atomic E-state index is 12.1. The van der Waals surface area contributed by atoms with E-state index >= 15 is 0 Å². The summed E-state index contributed by atoms with van der Waals surface area (Å²) in [5.41, 5.74) is 0.808. The monoisotopic (exact) mass is 357 g/mol. The van der Waals surface area contributed by atoms with Crippen LogP contribution in [0.15, 0.2) is 18.5 Å². The lowest BCUT2D eigenvalue weighted by molar-refractivity contribution is -0.117. The molecule has 8 heteroatoms. The minimum absolute atomic E-state index is 0.0233. The quantitative estimate of drug-likeness (QED) is 0.790. The zero-order valence-electron chi connectivity index (χ0n) is 12.5. The second-order valence-corrected chi connectivity index (χ2v) is 6.75. The fourth-order valence-corrected chi connectivity index (χ4v) is 3.42. The molecule has 118 valence electrons. The molecular weight excluding hydrogens is 342 g/mol. The highest BCUT2D eigenvalue weighted by Gasteiger charge is 2.19. The molecule has 0 unspecified atom stereocenters. The normalized spacial score (nSPS) is 10.5. The van der Waals surface area contributed by atoms with E-state index in [0.29, 0.717) is 27.3 Å². The standard InChI is InChI=1S/C14H16ClN3O2S2/c1-18(11(19)4-5-21-3)14-12(15)17-13(22-14)9-6-10(20-2)8-16-7-9/h6-8H,4-5H2,1-3H3. The average Bonchev–Trinajstić information content (AvgIpc) is 2.93. The van der Waals surface area contributed by atoms with E-state index in [4.69, 9.17) is 16.3 Å². The topological polar surface area (TPSA) is 55.3 Å². The molecule has 0 aliphatic carbocycles. The third kappa shape index (κ3) is 3.91. The van der Waals surface area contributed by atoms with E-state index in [0.717, 1.165) is 11.3 Å². The molecule has 5 nitrogen and oxygen atoms in total. The molecule has 0 aromatic carbocycles. The van der Waals surface area contributed by atoms with E-state index < -0.39 is 0 Å². The fourth-order valence-electron chi connectivity index (χ4n) is 1.74. The summed E-state index contributed by atoms with van der Waals surface area (Å²) in [5.74, 6) is 1.46. The molecule has 0 atom stereocenters. The van der Waals surface area contributed by atoms with Crippen molar-refractivity contribution in [1.29, 1.82) is 0 Å². The van der Waals surface area contributed by atoms with Crippen LogP contribution in [0, 0.1) is 0 Å². The van der Waals surface area contributed by atoms with Gasteiger partial charge in [0.2, 0.25) is 5.91 Å². The summed E-state index contributed by atoms with van der Waals surface area (Å²) in [6.45, 7) is 0. The largest absolute Gasteiger partial charge is 0.495 e. The van der Waals surface area contributed by atoms with E-state index in [1.165, 1.54) is 11.3 Å². The predicted molar refractivity (Wildman–Crippen MR) is 93.3 cm³/mol. The minimum Gasteiger partial charge on any atom is -0.495 e. The number of aromatic nitrogens is 2. The lowest BCUT2D eigenvalue weighted by Crippen LogP contribution is -2.25. The van der Waals surface area contributed by atoms with Crippen LogP contribution in [-0.4, -0.2) is 42.0 Å². The summed E-state index contributed by atoms with van der Waals surface area (Å²) >= 11 is 9.19. The van der Waals surface area contributed by atoms with Crippen LogP contribution in [0.2, 0.25) is 5.15 Å². The molecule has 0 aliphatic rings. The SMILES string of the molecule is COc1cncc(-c2nc(Cl)c(N(C)C(=O)CCSC)s2)c1. The molecule has 2 aromatic heterocycles. The third-order valence-electron chi connectivity index (χ3n) is 2.96. The van der Waals surface area contributed by atoms with Crippen LogP contribution in [0.5, 0.6) is 5.75 Å². The number of hydrogen-bond acceptors (Lipinski definition) is 6. The number of rotatable bonds is 6. The van der Waals surface area contributed by atoms with Gasteiger partial charge < -0.3 is 9.64 Å². The predicted octanol–water partition coefficient (Wildman–Crippen LogP) is 3.58. The molecule has 0 saturated carbocycles. The van der Waals surface area contributed by atoms with Gasteiger partial charge in [-0.3, -0.25) is 9.78 Å². The van der Waals surface area contributed by atoms with Crippen molar-refractivity contribution in [1.82, 2.24) is 9.97 Å². The lowest BCUT2D eigenvalue weighted by atomic mass is 10.3. The Bertz CT molecular complexity index is 663. The Balaban J connectivity index is 2.25. The zero-order chi connectivity index (χ0) is 16.1. The van der Waals surface area contributed by atoms with Crippen LogP contribution in [0.25, 0.3) is 10.6 Å². The van der Waals surface area contributed by atoms with Crippen molar-refractivity contribution in [2.24, 2.45) is 0 Å². The number of thiazole rings is 1. The Morgan fingerprint density at radius 2 is 2.27 bits per heavy atom. The van der Waals surface area contributed by atoms with E-state index in [1.54, 1.807) is 43.2 Å². The van der Waals surface area contributed by atoms with Crippen molar-refractivity contribution in [3.63, 3.8) is 0 Å². The van der Waals surface area contributed by atoms with E-state index in [9.17, 15) is 4.79 Å². The molecule has 0 saturated heterocycles. The third-order valence-corrected chi connectivity index (χ3v) is 5.13. The molecule has 0 spiro atoms. The zero-order valence-corrected chi connectivity index (χ0v) is 14.9. The van der Waals surface area contributed by atoms with Gasteiger partial charge in [-0.05, 0) is 12.3 Å². The molecule has 2 rings (SSSR count). The van der Waals surface area contributed by atoms with Crippen molar-refractivity contribution in [3.8, 4) is 16.3 Å². The van der Waals surface area contributed by atoms with Gasteiger partial charge in [0.05, 0.1) is 13.3 Å². The van der Waals surface area contributed by atoms with Crippen molar-refractivity contribution in [2.45, 2.75) is 6.42 Å². The number of nitrogens with zero attached hydrogens (tertiary/aromatic N) is 3. The van der Waals surface area contributed by atoms with Gasteiger partial charge in [-0.15, -0.1) is 0 Å². The van der Waals surface area contributed by atoms with Crippen molar-refractivity contribution >= 4 is 45.6 Å². The Morgan fingerprint density at radius 1 is 1.50 bits per heavy atom. The van der Waals surface area contributed by atoms with Crippen LogP contribution in [0.1, 0.15) is 6.42 Å². The summed E-state index contributed by atoms with van der Waals surface area (Å²) in [7, 11) is 3.30. The van der Waals surface area contributed by atoms with Crippen LogP contribution < -0.4 is 9.64 Å². The molecule has 0 radical (unpaired) electrons. The Morgan fingerprint density at radius 3 is 2.95 bits per heavy atom. The number of carbonyl (C=O) groups excluding carboxylic acids is 1. The lowest BCUT2D eigenvalue weighted by Gasteiger charge is -2.14. The van der Waals surface area contributed by atoms with Crippen LogP contribution in [0.3, 0.4) is 0 Å². The smallest absolute Gasteiger partial charge is 0.228 e. The number of methoxy groups -OCH3 is 1. The van der Waals surface area contributed by atoms with Gasteiger partial charge in [-0.2, -0.15) is 11.8 Å². The van der Waals surface area contributed by atoms with E-state index in [1.807, 2.05) is 12.3 Å². The number of pyridine rings is 1. The highest BCUT2D eigenvalue weighted by atomic mass is 35.5. The maximum Gasteiger partial charge on any atom is 0.228 e. The maximum absolute atomic E-state index is 12.1. The van der Waals surface area contributed by atoms with E-state index in [2.05, 4.69) is 9.97 Å². The average molecular weight is 358 g/mol. The fraction of sp³-hybridized carbons (Fsp3) is 0.357. The van der Waals surface area contributed by atoms with Gasteiger partial charge in [0.1, 0.15) is 15.8 Å². The van der Waals surface area contributed by atoms with Gasteiger partial charge in [0.15, 0.2) is 5.15 Å². The van der Waals surface area contributed by atoms with Gasteiger partial charge in [-0.25, -0.2) is 4.98 Å².